The summed E-state index contributed by atoms with van der Waals surface area (Å²) in [6.45, 7) is 9.37. The number of nitrogens with one attached hydrogen (secondary N) is 1. The first-order chi connectivity index (χ1) is 15.1. The van der Waals surface area contributed by atoms with Crippen molar-refractivity contribution in [1.82, 2.24) is 10.2 Å². The lowest BCUT2D eigenvalue weighted by Gasteiger charge is -2.32. The van der Waals surface area contributed by atoms with Crippen LogP contribution in [0.25, 0.3) is 0 Å². The highest BCUT2D eigenvalue weighted by molar-refractivity contribution is 7.87. The van der Waals surface area contributed by atoms with Gasteiger partial charge in [-0.3, -0.25) is 0 Å². The molecule has 0 saturated carbocycles. The van der Waals surface area contributed by atoms with Gasteiger partial charge in [-0.2, -0.15) is 21.6 Å². The van der Waals surface area contributed by atoms with Crippen LogP contribution >= 0.6 is 0 Å². The van der Waals surface area contributed by atoms with E-state index < -0.39 is 32.3 Å². The van der Waals surface area contributed by atoms with Crippen LogP contribution in [0.2, 0.25) is 0 Å². The highest BCUT2D eigenvalue weighted by Crippen LogP contribution is 2.32. The molecule has 0 aliphatic heterocycles. The first kappa shape index (κ1) is 26.5. The summed E-state index contributed by atoms with van der Waals surface area (Å²) in [5, 5.41) is 2.89. The Labute approximate surface area is 192 Å². The topological polar surface area (TPSA) is 75.7 Å². The molecule has 0 saturated heterocycles. The number of carbonyl (C=O) groups is 1. The van der Waals surface area contributed by atoms with Crippen molar-refractivity contribution in [2.45, 2.75) is 70.2 Å². The molecule has 0 aliphatic carbocycles. The van der Waals surface area contributed by atoms with Gasteiger partial charge in [0, 0.05) is 17.1 Å². The molecule has 0 spiro atoms. The summed E-state index contributed by atoms with van der Waals surface area (Å²) in [5.41, 5.74) is -1.18. The van der Waals surface area contributed by atoms with Crippen LogP contribution in [0.1, 0.15) is 52.2 Å². The molecule has 6 nitrogen and oxygen atoms in total. The molecule has 0 bridgehead atoms. The van der Waals surface area contributed by atoms with Gasteiger partial charge in [0.1, 0.15) is 10.6 Å². The third kappa shape index (κ3) is 7.38. The van der Waals surface area contributed by atoms with Crippen LogP contribution in [-0.4, -0.2) is 30.9 Å². The maximum atomic E-state index is 13.0. The molecule has 0 aromatic heterocycles. The summed E-state index contributed by atoms with van der Waals surface area (Å²) in [4.78, 5) is 13.8. The number of alkyl halides is 3. The predicted molar refractivity (Wildman–Crippen MR) is 119 cm³/mol. The number of hydrogen-bond acceptors (Lipinski definition) is 4. The maximum Gasteiger partial charge on any atom is 0.416 e. The van der Waals surface area contributed by atoms with Crippen molar-refractivity contribution in [1.29, 1.82) is 0 Å². The van der Waals surface area contributed by atoms with E-state index in [0.717, 1.165) is 18.2 Å². The van der Waals surface area contributed by atoms with Crippen LogP contribution in [0.15, 0.2) is 53.4 Å². The van der Waals surface area contributed by atoms with Gasteiger partial charge in [-0.25, -0.2) is 4.79 Å². The zero-order chi connectivity index (χ0) is 25.0. The van der Waals surface area contributed by atoms with Crippen LogP contribution in [0, 0.1) is 0 Å². The van der Waals surface area contributed by atoms with E-state index in [4.69, 9.17) is 4.18 Å². The highest BCUT2D eigenvalue weighted by Gasteiger charge is 2.32. The Balaban J connectivity index is 2.37. The minimum atomic E-state index is -4.69. The monoisotopic (exact) mass is 486 g/mol. The minimum Gasteiger partial charge on any atom is -0.379 e. The number of para-hydroxylation sites is 1. The number of rotatable bonds is 7. The predicted octanol–water partition coefficient (Wildman–Crippen LogP) is 5.58. The summed E-state index contributed by atoms with van der Waals surface area (Å²) in [6.07, 6.45) is -4.04. The SMILES string of the molecule is CC[C@@H](C)N(Cc1ccccc1OS(=O)(=O)c1cccc(C(F)(F)F)c1)C(=O)NC(C)(C)C. The lowest BCUT2D eigenvalue weighted by atomic mass is 10.1. The van der Waals surface area contributed by atoms with Crippen molar-refractivity contribution < 1.29 is 30.6 Å². The minimum absolute atomic E-state index is 0.0468. The van der Waals surface area contributed by atoms with Crippen LogP contribution in [0.5, 0.6) is 5.75 Å². The molecule has 0 radical (unpaired) electrons. The molecule has 2 aromatic rings. The Kier molecular flexibility index (Phi) is 8.05. The second-order valence-corrected chi connectivity index (χ2v) is 10.3. The molecule has 182 valence electrons. The molecule has 2 amide bonds. The fourth-order valence-electron chi connectivity index (χ4n) is 2.93. The summed E-state index contributed by atoms with van der Waals surface area (Å²) >= 11 is 0. The molecule has 0 fully saturated rings. The fourth-order valence-corrected chi connectivity index (χ4v) is 3.95. The highest BCUT2D eigenvalue weighted by atomic mass is 32.2. The molecule has 1 N–H and O–H groups in total. The molecule has 33 heavy (non-hydrogen) atoms. The van der Waals surface area contributed by atoms with Gasteiger partial charge in [0.2, 0.25) is 0 Å². The summed E-state index contributed by atoms with van der Waals surface area (Å²) < 4.78 is 69.8. The van der Waals surface area contributed by atoms with Crippen LogP contribution in [0.4, 0.5) is 18.0 Å². The van der Waals surface area contributed by atoms with Gasteiger partial charge in [-0.15, -0.1) is 0 Å². The van der Waals surface area contributed by atoms with E-state index in [2.05, 4.69) is 5.32 Å². The van der Waals surface area contributed by atoms with Gasteiger partial charge < -0.3 is 14.4 Å². The number of amides is 2. The van der Waals surface area contributed by atoms with E-state index in [1.54, 1.807) is 23.1 Å². The van der Waals surface area contributed by atoms with Crippen molar-refractivity contribution in [2.75, 3.05) is 0 Å². The van der Waals surface area contributed by atoms with Gasteiger partial charge >= 0.3 is 22.3 Å². The number of halogens is 3. The van der Waals surface area contributed by atoms with E-state index in [0.29, 0.717) is 18.1 Å². The molecule has 0 heterocycles. The van der Waals surface area contributed by atoms with Gasteiger partial charge in [0.15, 0.2) is 0 Å². The van der Waals surface area contributed by atoms with E-state index in [1.807, 2.05) is 34.6 Å². The van der Waals surface area contributed by atoms with Crippen LogP contribution in [-0.2, 0) is 22.8 Å². The molecular formula is C23H29F3N2O4S. The van der Waals surface area contributed by atoms with Crippen LogP contribution in [0.3, 0.4) is 0 Å². The smallest absolute Gasteiger partial charge is 0.379 e. The molecular weight excluding hydrogens is 457 g/mol. The average molecular weight is 487 g/mol. The first-order valence-electron chi connectivity index (χ1n) is 10.4. The second-order valence-electron chi connectivity index (χ2n) is 8.74. The number of urea groups is 1. The molecule has 2 rings (SSSR count). The van der Waals surface area contributed by atoms with Crippen molar-refractivity contribution in [3.63, 3.8) is 0 Å². The Morgan fingerprint density at radius 2 is 1.73 bits per heavy atom. The zero-order valence-electron chi connectivity index (χ0n) is 19.2. The summed E-state index contributed by atoms with van der Waals surface area (Å²) in [7, 11) is -4.55. The quantitative estimate of drug-likeness (QED) is 0.519. The maximum absolute atomic E-state index is 13.0. The normalized spacial score (nSPS) is 13.3. The van der Waals surface area contributed by atoms with Gasteiger partial charge in [0.25, 0.3) is 0 Å². The van der Waals surface area contributed by atoms with Crippen molar-refractivity contribution in [3.05, 3.63) is 59.7 Å². The van der Waals surface area contributed by atoms with E-state index in [1.165, 1.54) is 6.07 Å². The van der Waals surface area contributed by atoms with Gasteiger partial charge in [-0.05, 0) is 58.4 Å². The number of nitrogens with zero attached hydrogens (tertiary/aromatic N) is 1. The third-order valence-electron chi connectivity index (χ3n) is 4.83. The van der Waals surface area contributed by atoms with Crippen molar-refractivity contribution in [3.8, 4) is 5.75 Å². The van der Waals surface area contributed by atoms with E-state index in [-0.39, 0.29) is 24.4 Å². The first-order valence-corrected chi connectivity index (χ1v) is 11.8. The third-order valence-corrected chi connectivity index (χ3v) is 6.06. The molecule has 0 unspecified atom stereocenters. The standard InChI is InChI=1S/C23H29F3N2O4S/c1-6-16(2)28(21(29)27-22(3,4)5)15-17-10-7-8-13-20(17)32-33(30,31)19-12-9-11-18(14-19)23(24,25)26/h7-14,16H,6,15H2,1-5H3,(H,27,29)/t16-/m1/s1. The zero-order valence-corrected chi connectivity index (χ0v) is 20.0. The fraction of sp³-hybridized carbons (Fsp3) is 0.435. The lowest BCUT2D eigenvalue weighted by molar-refractivity contribution is -0.137. The number of benzene rings is 2. The Hall–Kier alpha value is -2.75. The van der Waals surface area contributed by atoms with E-state index >= 15 is 0 Å². The van der Waals surface area contributed by atoms with Gasteiger partial charge in [0.05, 0.1) is 12.1 Å². The van der Waals surface area contributed by atoms with Crippen molar-refractivity contribution >= 4 is 16.1 Å². The Bertz CT molecular complexity index is 1080. The Morgan fingerprint density at radius 1 is 1.09 bits per heavy atom. The average Bonchev–Trinajstić information content (AvgIpc) is 2.70. The number of hydrogen-bond donors (Lipinski definition) is 1. The lowest BCUT2D eigenvalue weighted by Crippen LogP contribution is -2.50. The molecule has 0 aliphatic rings. The molecule has 2 aromatic carbocycles. The van der Waals surface area contributed by atoms with E-state index in [9.17, 15) is 26.4 Å². The summed E-state index contributed by atoms with van der Waals surface area (Å²) in [5.74, 6) is -0.0632. The second kappa shape index (κ2) is 10.0. The Morgan fingerprint density at radius 3 is 2.30 bits per heavy atom. The molecule has 1 atom stereocenters. The molecule has 10 heteroatoms. The van der Waals surface area contributed by atoms with Gasteiger partial charge in [-0.1, -0.05) is 31.2 Å². The number of carbonyl (C=O) groups excluding carboxylic acids is 1. The largest absolute Gasteiger partial charge is 0.416 e. The summed E-state index contributed by atoms with van der Waals surface area (Å²) in [6, 6.07) is 9.08. The van der Waals surface area contributed by atoms with Crippen molar-refractivity contribution in [2.24, 2.45) is 0 Å². The van der Waals surface area contributed by atoms with Crippen LogP contribution < -0.4 is 9.50 Å².